The van der Waals surface area contributed by atoms with Crippen LogP contribution in [0.1, 0.15) is 56.3 Å². The van der Waals surface area contributed by atoms with Crippen molar-refractivity contribution < 1.29 is 9.59 Å². The third-order valence-electron chi connectivity index (χ3n) is 6.75. The third-order valence-corrected chi connectivity index (χ3v) is 7.68. The SMILES string of the molecule is CCc1ccccc1NC(=O)CN1CCN(C(=O)CSc2nnc(C3CCCCC3)n2N)CC1. The van der Waals surface area contributed by atoms with Crippen LogP contribution in [0.15, 0.2) is 29.4 Å². The van der Waals surface area contributed by atoms with Gasteiger partial charge in [-0.05, 0) is 30.9 Å². The van der Waals surface area contributed by atoms with Gasteiger partial charge in [-0.3, -0.25) is 14.5 Å². The molecule has 0 radical (unpaired) electrons. The van der Waals surface area contributed by atoms with Crippen LogP contribution in [0.25, 0.3) is 0 Å². The van der Waals surface area contributed by atoms with Gasteiger partial charge in [0.2, 0.25) is 17.0 Å². The first-order valence-corrected chi connectivity index (χ1v) is 13.2. The Morgan fingerprint density at radius 2 is 1.82 bits per heavy atom. The molecule has 2 amide bonds. The van der Waals surface area contributed by atoms with E-state index in [1.807, 2.05) is 29.2 Å². The zero-order valence-corrected chi connectivity index (χ0v) is 20.7. The number of nitrogens with one attached hydrogen (secondary N) is 1. The minimum atomic E-state index is -0.0210. The van der Waals surface area contributed by atoms with Gasteiger partial charge in [-0.25, -0.2) is 4.68 Å². The van der Waals surface area contributed by atoms with Gasteiger partial charge in [-0.15, -0.1) is 10.2 Å². The van der Waals surface area contributed by atoms with Crippen molar-refractivity contribution in [2.75, 3.05) is 49.6 Å². The van der Waals surface area contributed by atoms with E-state index in [1.165, 1.54) is 31.0 Å². The van der Waals surface area contributed by atoms with E-state index >= 15 is 0 Å². The largest absolute Gasteiger partial charge is 0.339 e. The van der Waals surface area contributed by atoms with Crippen molar-refractivity contribution >= 4 is 29.3 Å². The maximum absolute atomic E-state index is 12.7. The third kappa shape index (κ3) is 6.09. The molecule has 1 aliphatic carbocycles. The van der Waals surface area contributed by atoms with Crippen molar-refractivity contribution in [1.82, 2.24) is 24.7 Å². The Morgan fingerprint density at radius 1 is 1.09 bits per heavy atom. The van der Waals surface area contributed by atoms with Gasteiger partial charge in [0, 0.05) is 37.8 Å². The highest BCUT2D eigenvalue weighted by molar-refractivity contribution is 7.99. The Labute approximate surface area is 205 Å². The maximum Gasteiger partial charge on any atom is 0.238 e. The van der Waals surface area contributed by atoms with Crippen LogP contribution in [-0.2, 0) is 16.0 Å². The van der Waals surface area contributed by atoms with Gasteiger partial charge in [-0.2, -0.15) is 0 Å². The summed E-state index contributed by atoms with van der Waals surface area (Å²) in [5.41, 5.74) is 2.00. The monoisotopic (exact) mass is 485 g/mol. The molecule has 10 heteroatoms. The fourth-order valence-electron chi connectivity index (χ4n) is 4.74. The molecule has 1 saturated heterocycles. The van der Waals surface area contributed by atoms with Crippen LogP contribution >= 0.6 is 11.8 Å². The zero-order chi connectivity index (χ0) is 23.9. The average molecular weight is 486 g/mol. The predicted molar refractivity (Wildman–Crippen MR) is 134 cm³/mol. The van der Waals surface area contributed by atoms with Crippen LogP contribution in [0.3, 0.4) is 0 Å². The van der Waals surface area contributed by atoms with Gasteiger partial charge in [0.25, 0.3) is 0 Å². The standard InChI is InChI=1S/C24H35N7O2S/c1-2-18-8-6-7-11-20(18)26-21(32)16-29-12-14-30(15-13-29)22(33)17-34-24-28-27-23(31(24)25)19-9-4-3-5-10-19/h6-8,11,19H,2-5,9-10,12-17,25H2,1H3,(H,26,32). The Balaban J connectivity index is 1.20. The molecule has 2 heterocycles. The molecule has 1 aliphatic heterocycles. The molecule has 0 unspecified atom stereocenters. The summed E-state index contributed by atoms with van der Waals surface area (Å²) in [6.45, 7) is 4.99. The summed E-state index contributed by atoms with van der Waals surface area (Å²) >= 11 is 1.35. The molecule has 2 fully saturated rings. The van der Waals surface area contributed by atoms with Gasteiger partial charge in [0.05, 0.1) is 12.3 Å². The second kappa shape index (κ2) is 11.7. The number of carbonyl (C=O) groups excluding carboxylic acids is 2. The van der Waals surface area contributed by atoms with Gasteiger partial charge in [0.15, 0.2) is 5.82 Å². The van der Waals surface area contributed by atoms with E-state index in [1.54, 1.807) is 4.68 Å². The van der Waals surface area contributed by atoms with Crippen LogP contribution < -0.4 is 11.2 Å². The minimum Gasteiger partial charge on any atom is -0.339 e. The van der Waals surface area contributed by atoms with Crippen LogP contribution in [0.4, 0.5) is 5.69 Å². The summed E-state index contributed by atoms with van der Waals surface area (Å²) in [5, 5.41) is 12.1. The highest BCUT2D eigenvalue weighted by atomic mass is 32.2. The molecule has 0 bridgehead atoms. The minimum absolute atomic E-state index is 0.0210. The van der Waals surface area contributed by atoms with Crippen LogP contribution in [0.5, 0.6) is 0 Å². The van der Waals surface area contributed by atoms with Crippen LogP contribution in [0, 0.1) is 0 Å². The molecule has 184 valence electrons. The number of aryl methyl sites for hydroxylation is 1. The number of carbonyl (C=O) groups is 2. The lowest BCUT2D eigenvalue weighted by Crippen LogP contribution is -2.50. The topological polar surface area (TPSA) is 109 Å². The lowest BCUT2D eigenvalue weighted by atomic mass is 9.89. The zero-order valence-electron chi connectivity index (χ0n) is 19.9. The summed E-state index contributed by atoms with van der Waals surface area (Å²) in [6.07, 6.45) is 6.77. The number of amides is 2. The number of anilines is 1. The number of nitrogens with zero attached hydrogens (tertiary/aromatic N) is 5. The van der Waals surface area contributed by atoms with E-state index in [4.69, 9.17) is 5.84 Å². The average Bonchev–Trinajstić information content (AvgIpc) is 3.24. The van der Waals surface area contributed by atoms with E-state index in [-0.39, 0.29) is 17.6 Å². The molecule has 1 aromatic heterocycles. The fourth-order valence-corrected chi connectivity index (χ4v) is 5.51. The van der Waals surface area contributed by atoms with Crippen molar-refractivity contribution in [3.05, 3.63) is 35.7 Å². The maximum atomic E-state index is 12.7. The molecule has 0 atom stereocenters. The number of aromatic nitrogens is 3. The first-order valence-electron chi connectivity index (χ1n) is 12.3. The summed E-state index contributed by atoms with van der Waals surface area (Å²) in [5.74, 6) is 7.77. The summed E-state index contributed by atoms with van der Waals surface area (Å²) in [4.78, 5) is 29.2. The molecule has 1 aromatic carbocycles. The van der Waals surface area contributed by atoms with E-state index < -0.39 is 0 Å². The molecule has 1 saturated carbocycles. The summed E-state index contributed by atoms with van der Waals surface area (Å²) < 4.78 is 1.57. The quantitative estimate of drug-likeness (QED) is 0.437. The van der Waals surface area contributed by atoms with Crippen LogP contribution in [-0.4, -0.2) is 75.0 Å². The van der Waals surface area contributed by atoms with E-state index in [0.717, 1.165) is 36.3 Å². The number of nitrogen functional groups attached to an aromatic ring is 1. The van der Waals surface area contributed by atoms with Crippen molar-refractivity contribution in [2.45, 2.75) is 56.5 Å². The summed E-state index contributed by atoms with van der Waals surface area (Å²) in [6, 6.07) is 7.88. The van der Waals surface area contributed by atoms with Crippen molar-refractivity contribution in [3.63, 3.8) is 0 Å². The van der Waals surface area contributed by atoms with E-state index in [9.17, 15) is 9.59 Å². The Hall–Kier alpha value is -2.59. The molecule has 34 heavy (non-hydrogen) atoms. The lowest BCUT2D eigenvalue weighted by Gasteiger charge is -2.34. The van der Waals surface area contributed by atoms with Gasteiger partial charge < -0.3 is 16.1 Å². The predicted octanol–water partition coefficient (Wildman–Crippen LogP) is 2.48. The summed E-state index contributed by atoms with van der Waals surface area (Å²) in [7, 11) is 0. The second-order valence-corrected chi connectivity index (χ2v) is 9.99. The first kappa shape index (κ1) is 24.5. The number of thioether (sulfide) groups is 1. The van der Waals surface area contributed by atoms with Crippen LogP contribution in [0.2, 0.25) is 0 Å². The van der Waals surface area contributed by atoms with Crippen molar-refractivity contribution in [1.29, 1.82) is 0 Å². The van der Waals surface area contributed by atoms with Gasteiger partial charge in [-0.1, -0.05) is 56.1 Å². The Kier molecular flexibility index (Phi) is 8.44. The first-order chi connectivity index (χ1) is 16.5. The fraction of sp³-hybridized carbons (Fsp3) is 0.583. The van der Waals surface area contributed by atoms with Crippen molar-refractivity contribution in [2.24, 2.45) is 0 Å². The lowest BCUT2D eigenvalue weighted by molar-refractivity contribution is -0.130. The number of benzene rings is 1. The highest BCUT2D eigenvalue weighted by Crippen LogP contribution is 2.32. The molecule has 3 N–H and O–H groups in total. The van der Waals surface area contributed by atoms with Crippen molar-refractivity contribution in [3.8, 4) is 0 Å². The Bertz CT molecular complexity index is 981. The molecule has 9 nitrogen and oxygen atoms in total. The van der Waals surface area contributed by atoms with Gasteiger partial charge in [0.1, 0.15) is 0 Å². The van der Waals surface area contributed by atoms with Gasteiger partial charge >= 0.3 is 0 Å². The number of piperazine rings is 1. The highest BCUT2D eigenvalue weighted by Gasteiger charge is 2.25. The number of rotatable bonds is 8. The van der Waals surface area contributed by atoms with E-state index in [2.05, 4.69) is 27.3 Å². The molecule has 0 spiro atoms. The van der Waals surface area contributed by atoms with E-state index in [0.29, 0.717) is 43.8 Å². The number of hydrogen-bond acceptors (Lipinski definition) is 7. The molecule has 2 aromatic rings. The number of para-hydroxylation sites is 1. The molecule has 2 aliphatic rings. The normalized spacial score (nSPS) is 17.6. The molecule has 4 rings (SSSR count). The Morgan fingerprint density at radius 3 is 2.56 bits per heavy atom. The number of hydrogen-bond donors (Lipinski definition) is 2. The smallest absolute Gasteiger partial charge is 0.238 e. The molecular formula is C24H35N7O2S. The number of nitrogens with two attached hydrogens (primary N) is 1. The second-order valence-electron chi connectivity index (χ2n) is 9.05. The molecular weight excluding hydrogens is 450 g/mol.